The molecule has 0 heterocycles. The third kappa shape index (κ3) is 3.30. The van der Waals surface area contributed by atoms with Gasteiger partial charge in [0.15, 0.2) is 0 Å². The van der Waals surface area contributed by atoms with Crippen LogP contribution in [0.5, 0.6) is 11.5 Å². The first-order chi connectivity index (χ1) is 7.22. The molecule has 0 aliphatic rings. The molecule has 4 nitrogen and oxygen atoms in total. The number of ether oxygens (including phenoxy) is 2. The van der Waals surface area contributed by atoms with Crippen LogP contribution in [0.15, 0.2) is 18.2 Å². The number of nitrogens with two attached hydrogens (primary N) is 1. The van der Waals surface area contributed by atoms with E-state index in [0.717, 1.165) is 5.56 Å². The minimum Gasteiger partial charge on any atom is -0.497 e. The highest BCUT2D eigenvalue weighted by atomic mass is 35.5. The van der Waals surface area contributed by atoms with Crippen LogP contribution in [-0.2, 0) is 0 Å². The molecule has 0 saturated carbocycles. The van der Waals surface area contributed by atoms with E-state index in [0.29, 0.717) is 11.5 Å². The van der Waals surface area contributed by atoms with E-state index in [1.54, 1.807) is 26.4 Å². The number of hydrogen-bond donors (Lipinski definition) is 1. The van der Waals surface area contributed by atoms with Crippen molar-refractivity contribution in [2.45, 2.75) is 12.5 Å². The number of benzene rings is 1. The summed E-state index contributed by atoms with van der Waals surface area (Å²) < 4.78 is 10.3. The highest BCUT2D eigenvalue weighted by Gasteiger charge is 2.12. The first-order valence-corrected chi connectivity index (χ1v) is 4.57. The molecule has 0 aliphatic carbocycles. The van der Waals surface area contributed by atoms with E-state index in [4.69, 9.17) is 20.5 Å². The van der Waals surface area contributed by atoms with Crippen LogP contribution in [0.4, 0.5) is 0 Å². The molecular formula is C11H15ClN2O2. The smallest absolute Gasteiger partial charge is 0.127 e. The van der Waals surface area contributed by atoms with Crippen LogP contribution in [0.1, 0.15) is 18.0 Å². The van der Waals surface area contributed by atoms with Gasteiger partial charge in [0.25, 0.3) is 0 Å². The van der Waals surface area contributed by atoms with Crippen molar-refractivity contribution in [1.29, 1.82) is 5.26 Å². The van der Waals surface area contributed by atoms with E-state index in [1.165, 1.54) is 0 Å². The van der Waals surface area contributed by atoms with Crippen LogP contribution in [0.25, 0.3) is 0 Å². The molecule has 0 radical (unpaired) electrons. The monoisotopic (exact) mass is 242 g/mol. The third-order valence-electron chi connectivity index (χ3n) is 2.15. The summed E-state index contributed by atoms with van der Waals surface area (Å²) >= 11 is 0. The van der Waals surface area contributed by atoms with Crippen LogP contribution in [0.3, 0.4) is 0 Å². The van der Waals surface area contributed by atoms with Gasteiger partial charge in [-0.25, -0.2) is 0 Å². The number of rotatable bonds is 4. The second-order valence-electron chi connectivity index (χ2n) is 3.08. The molecule has 1 atom stereocenters. The standard InChI is InChI=1S/C11H14N2O2.ClH/c1-14-8-3-4-9(10(13)5-6-12)11(7-8)15-2;/h3-4,7,10H,5,13H2,1-2H3;1H/t10-;/m1./s1. The Bertz CT molecular complexity index is 377. The topological polar surface area (TPSA) is 68.3 Å². The van der Waals surface area contributed by atoms with E-state index in [1.807, 2.05) is 12.1 Å². The van der Waals surface area contributed by atoms with E-state index < -0.39 is 0 Å². The molecular weight excluding hydrogens is 228 g/mol. The highest BCUT2D eigenvalue weighted by Crippen LogP contribution is 2.29. The highest BCUT2D eigenvalue weighted by molar-refractivity contribution is 5.85. The Morgan fingerprint density at radius 1 is 1.38 bits per heavy atom. The summed E-state index contributed by atoms with van der Waals surface area (Å²) in [4.78, 5) is 0. The molecule has 0 aromatic heterocycles. The predicted molar refractivity (Wildman–Crippen MR) is 64.0 cm³/mol. The summed E-state index contributed by atoms with van der Waals surface area (Å²) in [5, 5.41) is 8.57. The molecule has 0 aliphatic heterocycles. The van der Waals surface area contributed by atoms with Gasteiger partial charge in [-0.2, -0.15) is 5.26 Å². The second kappa shape index (κ2) is 6.94. The number of halogens is 1. The molecule has 88 valence electrons. The zero-order chi connectivity index (χ0) is 11.3. The maximum absolute atomic E-state index is 8.57. The Hall–Kier alpha value is -1.44. The summed E-state index contributed by atoms with van der Waals surface area (Å²) in [6.07, 6.45) is 0.267. The first-order valence-electron chi connectivity index (χ1n) is 4.57. The van der Waals surface area contributed by atoms with Crippen LogP contribution in [0.2, 0.25) is 0 Å². The summed E-state index contributed by atoms with van der Waals surface area (Å²) in [7, 11) is 3.15. The second-order valence-corrected chi connectivity index (χ2v) is 3.08. The largest absolute Gasteiger partial charge is 0.497 e. The molecule has 1 rings (SSSR count). The molecule has 0 spiro atoms. The summed E-state index contributed by atoms with van der Waals surface area (Å²) in [5.41, 5.74) is 6.65. The van der Waals surface area contributed by atoms with Crippen LogP contribution in [-0.4, -0.2) is 14.2 Å². The summed E-state index contributed by atoms with van der Waals surface area (Å²) in [6, 6.07) is 7.09. The van der Waals surface area contributed by atoms with E-state index >= 15 is 0 Å². The fraction of sp³-hybridized carbons (Fsp3) is 0.364. The number of hydrogen-bond acceptors (Lipinski definition) is 4. The van der Waals surface area contributed by atoms with Crippen molar-refractivity contribution in [2.75, 3.05) is 14.2 Å². The zero-order valence-corrected chi connectivity index (χ0v) is 10.1. The quantitative estimate of drug-likeness (QED) is 0.877. The Balaban J connectivity index is 0.00000225. The van der Waals surface area contributed by atoms with Crippen molar-refractivity contribution in [3.8, 4) is 17.6 Å². The molecule has 1 aromatic rings. The van der Waals surface area contributed by atoms with Crippen LogP contribution < -0.4 is 15.2 Å². The average molecular weight is 243 g/mol. The maximum Gasteiger partial charge on any atom is 0.127 e. The van der Waals surface area contributed by atoms with Crippen molar-refractivity contribution in [1.82, 2.24) is 0 Å². The SMILES string of the molecule is COc1ccc([C@H](N)CC#N)c(OC)c1.Cl. The lowest BCUT2D eigenvalue weighted by Gasteiger charge is -2.13. The van der Waals surface area contributed by atoms with Gasteiger partial charge in [0.1, 0.15) is 11.5 Å². The summed E-state index contributed by atoms with van der Waals surface area (Å²) in [6.45, 7) is 0. The van der Waals surface area contributed by atoms with Gasteiger partial charge in [0.2, 0.25) is 0 Å². The number of nitriles is 1. The van der Waals surface area contributed by atoms with Crippen molar-refractivity contribution >= 4 is 12.4 Å². The number of nitrogens with zero attached hydrogens (tertiary/aromatic N) is 1. The fourth-order valence-corrected chi connectivity index (χ4v) is 1.33. The molecule has 0 amide bonds. The molecule has 5 heteroatoms. The van der Waals surface area contributed by atoms with Gasteiger partial charge < -0.3 is 15.2 Å². The van der Waals surface area contributed by atoms with Crippen molar-refractivity contribution < 1.29 is 9.47 Å². The molecule has 2 N–H and O–H groups in total. The zero-order valence-electron chi connectivity index (χ0n) is 9.27. The normalized spacial score (nSPS) is 10.9. The van der Waals surface area contributed by atoms with E-state index in [-0.39, 0.29) is 24.9 Å². The lowest BCUT2D eigenvalue weighted by Crippen LogP contribution is -2.10. The Morgan fingerprint density at radius 3 is 2.56 bits per heavy atom. The molecule has 0 bridgehead atoms. The Labute approximate surface area is 101 Å². The minimum absolute atomic E-state index is 0. The van der Waals surface area contributed by atoms with E-state index in [9.17, 15) is 0 Å². The fourth-order valence-electron chi connectivity index (χ4n) is 1.33. The lowest BCUT2D eigenvalue weighted by molar-refractivity contribution is 0.388. The molecule has 0 fully saturated rings. The van der Waals surface area contributed by atoms with Crippen molar-refractivity contribution in [3.05, 3.63) is 23.8 Å². The Morgan fingerprint density at radius 2 is 2.06 bits per heavy atom. The lowest BCUT2D eigenvalue weighted by atomic mass is 10.0. The van der Waals surface area contributed by atoms with Gasteiger partial charge >= 0.3 is 0 Å². The van der Waals surface area contributed by atoms with Gasteiger partial charge in [0.05, 0.1) is 26.7 Å². The Kier molecular flexibility index (Phi) is 6.31. The van der Waals surface area contributed by atoms with Crippen LogP contribution >= 0.6 is 12.4 Å². The maximum atomic E-state index is 8.57. The van der Waals surface area contributed by atoms with Gasteiger partial charge in [-0.1, -0.05) is 6.07 Å². The molecule has 1 aromatic carbocycles. The van der Waals surface area contributed by atoms with Crippen molar-refractivity contribution in [3.63, 3.8) is 0 Å². The first kappa shape index (κ1) is 14.6. The van der Waals surface area contributed by atoms with Gasteiger partial charge in [-0.15, -0.1) is 12.4 Å². The van der Waals surface area contributed by atoms with Gasteiger partial charge in [-0.05, 0) is 6.07 Å². The van der Waals surface area contributed by atoms with Crippen LogP contribution in [0, 0.1) is 11.3 Å². The minimum atomic E-state index is -0.323. The van der Waals surface area contributed by atoms with E-state index in [2.05, 4.69) is 0 Å². The molecule has 0 unspecified atom stereocenters. The van der Waals surface area contributed by atoms with Gasteiger partial charge in [0, 0.05) is 17.7 Å². The third-order valence-corrected chi connectivity index (χ3v) is 2.15. The molecule has 16 heavy (non-hydrogen) atoms. The summed E-state index contributed by atoms with van der Waals surface area (Å²) in [5.74, 6) is 1.36. The predicted octanol–water partition coefficient (Wildman–Crippen LogP) is 2.04. The van der Waals surface area contributed by atoms with Gasteiger partial charge in [-0.3, -0.25) is 0 Å². The molecule has 0 saturated heterocycles. The average Bonchev–Trinajstić information content (AvgIpc) is 2.28. The van der Waals surface area contributed by atoms with Crippen molar-refractivity contribution in [2.24, 2.45) is 5.73 Å². The number of methoxy groups -OCH3 is 2.